The zero-order valence-corrected chi connectivity index (χ0v) is 9.45. The molecule has 0 unspecified atom stereocenters. The second-order valence-electron chi connectivity index (χ2n) is 2.11. The summed E-state index contributed by atoms with van der Waals surface area (Å²) in [6.07, 6.45) is 0. The molecule has 0 amide bonds. The Bertz CT molecular complexity index is 277. The summed E-state index contributed by atoms with van der Waals surface area (Å²) in [5, 5.41) is 0.736. The number of halogens is 3. The van der Waals surface area contributed by atoms with Crippen molar-refractivity contribution >= 4 is 39.1 Å². The number of aromatic nitrogens is 2. The fraction of sp³-hybridized carbons (Fsp3) is 0.500. The minimum atomic E-state index is 0.305. The smallest absolute Gasteiger partial charge is 0.179 e. The molecule has 0 aliphatic rings. The van der Waals surface area contributed by atoms with E-state index in [1.165, 1.54) is 0 Å². The molecule has 0 aromatic carbocycles. The summed E-state index contributed by atoms with van der Waals surface area (Å²) < 4.78 is 7.24. The maximum Gasteiger partial charge on any atom is 0.179 e. The molecule has 0 spiro atoms. The van der Waals surface area contributed by atoms with Crippen molar-refractivity contribution in [2.45, 2.75) is 6.54 Å². The minimum absolute atomic E-state index is 0.305. The standard InChI is InChI=1S/C6H7BrCl2N2O/c1-12-3-2-11-5(9)4(8)10-6(11)7/h2-3H2,1H3. The Morgan fingerprint density at radius 1 is 1.58 bits per heavy atom. The normalized spacial score (nSPS) is 10.7. The van der Waals surface area contributed by atoms with Gasteiger partial charge in [0.25, 0.3) is 0 Å². The van der Waals surface area contributed by atoms with Crippen molar-refractivity contribution in [2.24, 2.45) is 0 Å². The van der Waals surface area contributed by atoms with E-state index in [1.807, 2.05) is 0 Å². The molecular weight excluding hydrogens is 267 g/mol. The van der Waals surface area contributed by atoms with Gasteiger partial charge in [0.1, 0.15) is 5.15 Å². The van der Waals surface area contributed by atoms with Crippen molar-refractivity contribution in [1.29, 1.82) is 0 Å². The molecule has 0 aliphatic carbocycles. The van der Waals surface area contributed by atoms with Crippen LogP contribution in [-0.2, 0) is 11.3 Å². The molecule has 0 radical (unpaired) electrons. The van der Waals surface area contributed by atoms with Crippen molar-refractivity contribution in [1.82, 2.24) is 9.55 Å². The van der Waals surface area contributed by atoms with Gasteiger partial charge in [0.2, 0.25) is 0 Å². The van der Waals surface area contributed by atoms with Crippen LogP contribution < -0.4 is 0 Å². The van der Waals surface area contributed by atoms with Gasteiger partial charge >= 0.3 is 0 Å². The molecular formula is C6H7BrCl2N2O. The highest BCUT2D eigenvalue weighted by Crippen LogP contribution is 2.25. The Kier molecular flexibility index (Phi) is 3.83. The molecule has 1 rings (SSSR count). The monoisotopic (exact) mass is 272 g/mol. The number of rotatable bonds is 3. The zero-order valence-electron chi connectivity index (χ0n) is 6.35. The van der Waals surface area contributed by atoms with Crippen LogP contribution >= 0.6 is 39.1 Å². The van der Waals surface area contributed by atoms with E-state index < -0.39 is 0 Å². The lowest BCUT2D eigenvalue weighted by Gasteiger charge is -2.03. The first-order valence-electron chi connectivity index (χ1n) is 3.22. The molecule has 6 heteroatoms. The highest BCUT2D eigenvalue weighted by Gasteiger charge is 2.10. The largest absolute Gasteiger partial charge is 0.383 e. The third-order valence-electron chi connectivity index (χ3n) is 1.34. The van der Waals surface area contributed by atoms with E-state index >= 15 is 0 Å². The van der Waals surface area contributed by atoms with E-state index in [1.54, 1.807) is 11.7 Å². The molecule has 0 aliphatic heterocycles. The molecule has 3 nitrogen and oxygen atoms in total. The molecule has 1 aromatic rings. The average Bonchev–Trinajstić information content (AvgIpc) is 2.25. The second kappa shape index (κ2) is 4.46. The van der Waals surface area contributed by atoms with Crippen LogP contribution in [0.4, 0.5) is 0 Å². The van der Waals surface area contributed by atoms with E-state index in [0.717, 1.165) is 0 Å². The van der Waals surface area contributed by atoms with Gasteiger partial charge in [-0.25, -0.2) is 4.98 Å². The highest BCUT2D eigenvalue weighted by molar-refractivity contribution is 9.10. The van der Waals surface area contributed by atoms with Gasteiger partial charge in [-0.3, -0.25) is 0 Å². The highest BCUT2D eigenvalue weighted by atomic mass is 79.9. The van der Waals surface area contributed by atoms with Crippen LogP contribution in [0.1, 0.15) is 0 Å². The summed E-state index contributed by atoms with van der Waals surface area (Å²) in [4.78, 5) is 3.92. The van der Waals surface area contributed by atoms with Crippen molar-refractivity contribution in [3.8, 4) is 0 Å². The Hall–Kier alpha value is 0.230. The Balaban J connectivity index is 2.82. The maximum atomic E-state index is 5.83. The second-order valence-corrected chi connectivity index (χ2v) is 3.53. The van der Waals surface area contributed by atoms with E-state index in [0.29, 0.717) is 28.2 Å². The minimum Gasteiger partial charge on any atom is -0.383 e. The molecule has 0 atom stereocenters. The number of hydrogen-bond donors (Lipinski definition) is 0. The van der Waals surface area contributed by atoms with Gasteiger partial charge in [-0.2, -0.15) is 0 Å². The van der Waals surface area contributed by atoms with Crippen LogP contribution in [0.3, 0.4) is 0 Å². The van der Waals surface area contributed by atoms with Crippen molar-refractivity contribution in [3.05, 3.63) is 15.0 Å². The lowest BCUT2D eigenvalue weighted by Crippen LogP contribution is -2.04. The SMILES string of the molecule is COCCn1c(Br)nc(Cl)c1Cl. The first kappa shape index (κ1) is 10.3. The average molecular weight is 274 g/mol. The first-order chi connectivity index (χ1) is 5.66. The Morgan fingerprint density at radius 3 is 2.67 bits per heavy atom. The molecule has 0 saturated carbocycles. The fourth-order valence-electron chi connectivity index (χ4n) is 0.753. The van der Waals surface area contributed by atoms with Gasteiger partial charge in [0.05, 0.1) is 6.61 Å². The van der Waals surface area contributed by atoms with Crippen LogP contribution in [0.15, 0.2) is 4.73 Å². The molecule has 68 valence electrons. The molecule has 1 aromatic heterocycles. The van der Waals surface area contributed by atoms with E-state index in [2.05, 4.69) is 20.9 Å². The third kappa shape index (κ3) is 2.13. The maximum absolute atomic E-state index is 5.83. The molecule has 0 saturated heterocycles. The summed E-state index contributed by atoms with van der Waals surface area (Å²) in [6.45, 7) is 1.21. The number of ether oxygens (including phenoxy) is 1. The third-order valence-corrected chi connectivity index (χ3v) is 2.69. The summed E-state index contributed by atoms with van der Waals surface area (Å²) in [6, 6.07) is 0. The first-order valence-corrected chi connectivity index (χ1v) is 4.77. The molecule has 0 fully saturated rings. The summed E-state index contributed by atoms with van der Waals surface area (Å²) >= 11 is 14.7. The van der Waals surface area contributed by atoms with Gasteiger partial charge in [0, 0.05) is 13.7 Å². The number of imidazole rings is 1. The Labute approximate surface area is 88.8 Å². The molecule has 0 N–H and O–H groups in total. The van der Waals surface area contributed by atoms with Gasteiger partial charge in [-0.05, 0) is 15.9 Å². The fourth-order valence-corrected chi connectivity index (χ4v) is 1.88. The molecule has 12 heavy (non-hydrogen) atoms. The van der Waals surface area contributed by atoms with E-state index in [4.69, 9.17) is 27.9 Å². The van der Waals surface area contributed by atoms with Gasteiger partial charge < -0.3 is 9.30 Å². The number of methoxy groups -OCH3 is 1. The van der Waals surface area contributed by atoms with Crippen LogP contribution in [0.2, 0.25) is 10.3 Å². The summed E-state index contributed by atoms with van der Waals surface area (Å²) in [5.74, 6) is 0. The topological polar surface area (TPSA) is 27.1 Å². The van der Waals surface area contributed by atoms with Gasteiger partial charge in [-0.1, -0.05) is 23.2 Å². The predicted octanol–water partition coefficient (Wildman–Crippen LogP) is 2.60. The van der Waals surface area contributed by atoms with Gasteiger partial charge in [0.15, 0.2) is 9.89 Å². The Morgan fingerprint density at radius 2 is 2.25 bits per heavy atom. The zero-order chi connectivity index (χ0) is 9.14. The number of nitrogens with zero attached hydrogens (tertiary/aromatic N) is 2. The van der Waals surface area contributed by atoms with Crippen LogP contribution in [-0.4, -0.2) is 23.3 Å². The van der Waals surface area contributed by atoms with Crippen molar-refractivity contribution in [3.63, 3.8) is 0 Å². The lowest BCUT2D eigenvalue weighted by molar-refractivity contribution is 0.186. The van der Waals surface area contributed by atoms with Crippen LogP contribution in [0, 0.1) is 0 Å². The summed E-state index contributed by atoms with van der Waals surface area (Å²) in [5.41, 5.74) is 0. The van der Waals surface area contributed by atoms with Crippen molar-refractivity contribution in [2.75, 3.05) is 13.7 Å². The molecule has 1 heterocycles. The van der Waals surface area contributed by atoms with E-state index in [9.17, 15) is 0 Å². The van der Waals surface area contributed by atoms with Crippen molar-refractivity contribution < 1.29 is 4.74 Å². The van der Waals surface area contributed by atoms with E-state index in [-0.39, 0.29) is 0 Å². The number of hydrogen-bond acceptors (Lipinski definition) is 2. The van der Waals surface area contributed by atoms with Crippen LogP contribution in [0.5, 0.6) is 0 Å². The van der Waals surface area contributed by atoms with Gasteiger partial charge in [-0.15, -0.1) is 0 Å². The lowest BCUT2D eigenvalue weighted by atomic mass is 10.6. The molecule has 0 bridgehead atoms. The summed E-state index contributed by atoms with van der Waals surface area (Å²) in [7, 11) is 1.63. The predicted molar refractivity (Wildman–Crippen MR) is 51.8 cm³/mol. The quantitative estimate of drug-likeness (QED) is 0.847. The van der Waals surface area contributed by atoms with Crippen LogP contribution in [0.25, 0.3) is 0 Å².